The Balaban J connectivity index is 3.57. The van der Waals surface area contributed by atoms with Crippen molar-refractivity contribution in [1.29, 1.82) is 0 Å². The Hall–Kier alpha value is 0.630. The fraction of sp³-hybridized carbons (Fsp3) is 0. The van der Waals surface area contributed by atoms with E-state index in [2.05, 4.69) is 16.7 Å². The van der Waals surface area contributed by atoms with Gasteiger partial charge in [0.05, 0.1) is 7.51 Å². The van der Waals surface area contributed by atoms with Crippen LogP contribution in [0.15, 0.2) is 0 Å². The molecule has 0 bridgehead atoms. The molecule has 7 heavy (non-hydrogen) atoms. The summed E-state index contributed by atoms with van der Waals surface area (Å²) >= 11 is 4.33. The van der Waals surface area contributed by atoms with Gasteiger partial charge in [0.1, 0.15) is 0 Å². The zero-order valence-corrected chi connectivity index (χ0v) is 5.97. The van der Waals surface area contributed by atoms with E-state index in [-0.39, 0.29) is 0 Å². The van der Waals surface area contributed by atoms with E-state index in [0.717, 1.165) is 0 Å². The first-order valence-electron chi connectivity index (χ1n) is 1.33. The Morgan fingerprint density at radius 2 is 2.14 bits per heavy atom. The lowest BCUT2D eigenvalue weighted by Crippen LogP contribution is -2.13. The summed E-state index contributed by atoms with van der Waals surface area (Å²) in [4.78, 5) is 2.18. The third-order valence-electron chi connectivity index (χ3n) is 0.197. The topological polar surface area (TPSA) is 81.1 Å². The molecule has 0 amide bonds. The monoisotopic (exact) mass is 157 g/mol. The molecule has 0 aromatic heterocycles. The highest BCUT2D eigenvalue weighted by Crippen LogP contribution is 2.20. The third kappa shape index (κ3) is 6.63. The molecule has 4 nitrogen and oxygen atoms in total. The lowest BCUT2D eigenvalue weighted by atomic mass is 13.8. The number of hydrogen-bond donors (Lipinski definition) is 3. The minimum absolute atomic E-state index is 0.329. The van der Waals surface area contributed by atoms with E-state index in [0.29, 0.717) is 7.51 Å². The van der Waals surface area contributed by atoms with E-state index in [9.17, 15) is 4.57 Å². The zero-order chi connectivity index (χ0) is 5.91. The number of hydrogen-bond acceptors (Lipinski definition) is 2. The van der Waals surface area contributed by atoms with E-state index < -0.39 is 7.59 Å². The Morgan fingerprint density at radius 3 is 2.14 bits per heavy atom. The van der Waals surface area contributed by atoms with Gasteiger partial charge < -0.3 is 0 Å². The van der Waals surface area contributed by atoms with Gasteiger partial charge in [0, 0.05) is 0 Å². The fourth-order valence-corrected chi connectivity index (χ4v) is 1.72. The first-order valence-corrected chi connectivity index (χ1v) is 5.08. The second kappa shape index (κ2) is 2.82. The molecule has 0 fully saturated rings. The predicted molar refractivity (Wildman–Crippen MR) is 33.4 cm³/mol. The lowest BCUT2D eigenvalue weighted by molar-refractivity contribution is 0.575. The summed E-state index contributed by atoms with van der Waals surface area (Å²) in [6.07, 6.45) is 0. The Morgan fingerprint density at radius 1 is 1.71 bits per heavy atom. The summed E-state index contributed by atoms with van der Waals surface area (Å²) in [5.41, 5.74) is 9.59. The molecule has 0 atom stereocenters. The summed E-state index contributed by atoms with van der Waals surface area (Å²) in [5, 5.41) is 0. The van der Waals surface area contributed by atoms with Gasteiger partial charge in [0.25, 0.3) is 7.59 Å². The average Bonchev–Trinajstić information content (AvgIpc) is 1.30. The van der Waals surface area contributed by atoms with Gasteiger partial charge >= 0.3 is 0 Å². The van der Waals surface area contributed by atoms with Crippen LogP contribution in [0.2, 0.25) is 0 Å². The first kappa shape index (κ1) is 7.63. The molecule has 0 aromatic carbocycles. The summed E-state index contributed by atoms with van der Waals surface area (Å²) < 4.78 is 10.2. The van der Waals surface area contributed by atoms with Crippen LogP contribution in [0.25, 0.3) is 0 Å². The zero-order valence-electron chi connectivity index (χ0n) is 3.37. The average molecular weight is 157 g/mol. The first-order chi connectivity index (χ1) is 3.06. The van der Waals surface area contributed by atoms with Crippen molar-refractivity contribution in [3.05, 3.63) is 0 Å². The standard InChI is InChI=1S/H5N3OP2S/c1-6(2,4)3-5-7/h(H5,1,2,3,4,7). The molecule has 0 rings (SSSR count). The highest BCUT2D eigenvalue weighted by atomic mass is 32.4. The molecule has 0 aromatic rings. The predicted octanol–water partition coefficient (Wildman–Crippen LogP) is -0.0754. The molecule has 5 N–H and O–H groups in total. The quantitative estimate of drug-likeness (QED) is 0.488. The van der Waals surface area contributed by atoms with Crippen LogP contribution in [0, 0.1) is 0 Å². The van der Waals surface area contributed by atoms with E-state index in [1.807, 2.05) is 0 Å². The number of rotatable bonds is 2. The molecule has 0 heterocycles. The van der Waals surface area contributed by atoms with Crippen molar-refractivity contribution in [2.75, 3.05) is 0 Å². The molecule has 0 aliphatic rings. The van der Waals surface area contributed by atoms with Crippen LogP contribution in [0.4, 0.5) is 0 Å². The summed E-state index contributed by atoms with van der Waals surface area (Å²) in [6, 6.07) is 0. The van der Waals surface area contributed by atoms with Crippen molar-refractivity contribution in [2.45, 2.75) is 0 Å². The maximum Gasteiger partial charge on any atom is 0.281 e. The number of nitrogens with two attached hydrogens (primary N) is 2. The van der Waals surface area contributed by atoms with E-state index in [1.54, 1.807) is 0 Å². The Kier molecular flexibility index (Phi) is 3.08. The summed E-state index contributed by atoms with van der Waals surface area (Å²) in [7, 11) is -2.70. The maximum absolute atomic E-state index is 10.2. The molecular weight excluding hydrogens is 152 g/mol. The Labute approximate surface area is 48.1 Å². The normalized spacial score (nSPS) is 12.3. The van der Waals surface area contributed by atoms with Crippen LogP contribution < -0.4 is 15.9 Å². The molecule has 0 aliphatic carbocycles. The molecule has 7 heteroatoms. The minimum atomic E-state index is -3.03. The van der Waals surface area contributed by atoms with Crippen molar-refractivity contribution < 1.29 is 4.57 Å². The summed E-state index contributed by atoms with van der Waals surface area (Å²) in [6.45, 7) is 0. The van der Waals surface area contributed by atoms with Crippen LogP contribution in [0.1, 0.15) is 0 Å². The third-order valence-corrected chi connectivity index (χ3v) is 2.51. The largest absolute Gasteiger partial charge is 0.281 e. The smallest absolute Gasteiger partial charge is 0.271 e. The van der Waals surface area contributed by atoms with E-state index in [4.69, 9.17) is 11.0 Å². The fourth-order valence-electron chi connectivity index (χ4n) is 0.0638. The van der Waals surface area contributed by atoms with Crippen LogP contribution in [0.5, 0.6) is 0 Å². The van der Waals surface area contributed by atoms with Crippen molar-refractivity contribution in [3.63, 3.8) is 0 Å². The molecule has 0 unspecified atom stereocenters. The van der Waals surface area contributed by atoms with Crippen LogP contribution in [0.3, 0.4) is 0 Å². The molecular formula is H5N3OP2S. The van der Waals surface area contributed by atoms with Gasteiger partial charge in [0.15, 0.2) is 0 Å². The van der Waals surface area contributed by atoms with Gasteiger partial charge in [-0.15, -0.1) is 0 Å². The van der Waals surface area contributed by atoms with Gasteiger partial charge in [-0.25, -0.2) is 0 Å². The number of nitrogens with one attached hydrogen (secondary N) is 1. The van der Waals surface area contributed by atoms with Gasteiger partial charge in [-0.2, -0.15) is 4.86 Å². The van der Waals surface area contributed by atoms with Crippen molar-refractivity contribution in [2.24, 2.45) is 11.0 Å². The van der Waals surface area contributed by atoms with Crippen LogP contribution in [-0.4, -0.2) is 0 Å². The molecule has 0 spiro atoms. The van der Waals surface area contributed by atoms with Gasteiger partial charge in [-0.05, 0) is 11.8 Å². The summed E-state index contributed by atoms with van der Waals surface area (Å²) in [5.74, 6) is 0. The molecule has 42 valence electrons. The second-order valence-corrected chi connectivity index (χ2v) is 3.85. The minimum Gasteiger partial charge on any atom is -0.271 e. The highest BCUT2D eigenvalue weighted by Gasteiger charge is 2.01. The highest BCUT2D eigenvalue weighted by molar-refractivity contribution is 7.98. The molecule has 0 saturated heterocycles. The van der Waals surface area contributed by atoms with E-state index >= 15 is 0 Å². The van der Waals surface area contributed by atoms with Crippen molar-refractivity contribution in [1.82, 2.24) is 4.86 Å². The second-order valence-electron chi connectivity index (χ2n) is 0.901. The maximum atomic E-state index is 10.2. The van der Waals surface area contributed by atoms with Gasteiger partial charge in [0.2, 0.25) is 0 Å². The van der Waals surface area contributed by atoms with E-state index in [1.165, 1.54) is 0 Å². The molecule has 0 aliphatic heterocycles. The molecule has 0 radical (unpaired) electrons. The van der Waals surface area contributed by atoms with Gasteiger partial charge in [-0.1, -0.05) is 0 Å². The van der Waals surface area contributed by atoms with Crippen LogP contribution >= 0.6 is 15.1 Å². The van der Waals surface area contributed by atoms with Gasteiger partial charge in [-0.3, -0.25) is 15.6 Å². The van der Waals surface area contributed by atoms with Crippen molar-refractivity contribution in [3.8, 4) is 0 Å². The lowest BCUT2D eigenvalue weighted by Gasteiger charge is -1.98. The molecule has 0 saturated carbocycles. The van der Waals surface area contributed by atoms with Crippen molar-refractivity contribution >= 4 is 26.9 Å². The van der Waals surface area contributed by atoms with Crippen LogP contribution in [-0.2, 0) is 16.4 Å². The SMILES string of the molecule is NP(N)(=O)NP=S. The Bertz CT molecular complexity index is 106.